The average Bonchev–Trinajstić information content (AvgIpc) is 2.81. The first-order chi connectivity index (χ1) is 18.0. The normalized spacial score (nSPS) is 24.9. The summed E-state index contributed by atoms with van der Waals surface area (Å²) in [6.45, 7) is 6.58. The molecule has 0 unspecified atom stereocenters. The largest absolute Gasteiger partial charge is 0.506 e. The molecule has 4 atom stereocenters. The SMILES string of the molecule is CCOC(=O)c1c(O)c2ccc(O[C@@H]3OC(C)(C)[C@H](OC)[C@@H](OC(=O)NC4CCC4)[C@H]3O)c(C)c2oc1=O. The molecule has 1 saturated heterocycles. The number of rotatable bonds is 7. The number of aliphatic hydroxyl groups is 1. The molecule has 1 aromatic carbocycles. The maximum Gasteiger partial charge on any atom is 0.407 e. The van der Waals surface area contributed by atoms with E-state index >= 15 is 0 Å². The first kappa shape index (κ1) is 27.7. The van der Waals surface area contributed by atoms with Crippen LogP contribution in [0.2, 0.25) is 0 Å². The van der Waals surface area contributed by atoms with Crippen molar-refractivity contribution in [2.45, 2.75) is 83.2 Å². The molecule has 0 radical (unpaired) electrons. The van der Waals surface area contributed by atoms with Crippen molar-refractivity contribution in [1.29, 1.82) is 0 Å². The van der Waals surface area contributed by atoms with Gasteiger partial charge in [-0.2, -0.15) is 0 Å². The number of ether oxygens (including phenoxy) is 5. The summed E-state index contributed by atoms with van der Waals surface area (Å²) in [5, 5.41) is 24.6. The third kappa shape index (κ3) is 5.16. The van der Waals surface area contributed by atoms with E-state index in [1.54, 1.807) is 27.7 Å². The lowest BCUT2D eigenvalue weighted by Gasteiger charge is -2.47. The summed E-state index contributed by atoms with van der Waals surface area (Å²) < 4.78 is 33.3. The number of esters is 1. The molecule has 1 amide bonds. The summed E-state index contributed by atoms with van der Waals surface area (Å²) in [4.78, 5) is 37.1. The zero-order valence-electron chi connectivity index (χ0n) is 21.9. The number of methoxy groups -OCH3 is 1. The van der Waals surface area contributed by atoms with Crippen LogP contribution in [0.25, 0.3) is 11.0 Å². The van der Waals surface area contributed by atoms with E-state index < -0.39 is 59.2 Å². The number of amides is 1. The van der Waals surface area contributed by atoms with Crippen LogP contribution in [0.1, 0.15) is 56.0 Å². The van der Waals surface area contributed by atoms with Gasteiger partial charge in [-0.3, -0.25) is 0 Å². The lowest BCUT2D eigenvalue weighted by Crippen LogP contribution is -2.65. The molecule has 4 rings (SSSR count). The zero-order valence-corrected chi connectivity index (χ0v) is 21.9. The molecular weight excluding hydrogens is 502 g/mol. The minimum absolute atomic E-state index is 0.0124. The molecule has 38 heavy (non-hydrogen) atoms. The number of benzene rings is 1. The van der Waals surface area contributed by atoms with Crippen molar-refractivity contribution < 1.29 is 47.9 Å². The van der Waals surface area contributed by atoms with Crippen molar-refractivity contribution >= 4 is 23.0 Å². The number of aryl methyl sites for hydroxylation is 1. The minimum atomic E-state index is -1.44. The van der Waals surface area contributed by atoms with E-state index in [2.05, 4.69) is 5.32 Å². The smallest absolute Gasteiger partial charge is 0.407 e. The first-order valence-corrected chi connectivity index (χ1v) is 12.5. The first-order valence-electron chi connectivity index (χ1n) is 12.5. The van der Waals surface area contributed by atoms with E-state index in [9.17, 15) is 24.6 Å². The topological polar surface area (TPSA) is 163 Å². The second-order valence-corrected chi connectivity index (χ2v) is 9.90. The number of carbonyl (C=O) groups is 2. The number of hydrogen-bond donors (Lipinski definition) is 3. The third-order valence-corrected chi connectivity index (χ3v) is 6.91. The number of nitrogens with one attached hydrogen (secondary N) is 1. The van der Waals surface area contributed by atoms with Gasteiger partial charge in [-0.25, -0.2) is 14.4 Å². The Morgan fingerprint density at radius 2 is 1.95 bits per heavy atom. The van der Waals surface area contributed by atoms with Gasteiger partial charge in [0.05, 0.1) is 17.6 Å². The molecule has 1 aliphatic heterocycles. The molecule has 2 aromatic rings. The molecule has 1 aliphatic carbocycles. The van der Waals surface area contributed by atoms with Crippen molar-refractivity contribution in [3.63, 3.8) is 0 Å². The van der Waals surface area contributed by atoms with Crippen LogP contribution in [0, 0.1) is 6.92 Å². The highest BCUT2D eigenvalue weighted by Gasteiger charge is 2.53. The highest BCUT2D eigenvalue weighted by Crippen LogP contribution is 2.37. The highest BCUT2D eigenvalue weighted by atomic mass is 16.7. The molecule has 208 valence electrons. The van der Waals surface area contributed by atoms with Crippen LogP contribution in [0.4, 0.5) is 4.79 Å². The van der Waals surface area contributed by atoms with Crippen molar-refractivity contribution in [2.75, 3.05) is 13.7 Å². The molecule has 12 nitrogen and oxygen atoms in total. The van der Waals surface area contributed by atoms with Crippen molar-refractivity contribution in [3.8, 4) is 11.5 Å². The van der Waals surface area contributed by atoms with Crippen LogP contribution < -0.4 is 15.7 Å². The fourth-order valence-corrected chi connectivity index (χ4v) is 4.69. The van der Waals surface area contributed by atoms with Gasteiger partial charge < -0.3 is 43.6 Å². The Morgan fingerprint density at radius 3 is 2.55 bits per heavy atom. The predicted octanol–water partition coefficient (Wildman–Crippen LogP) is 2.52. The van der Waals surface area contributed by atoms with Gasteiger partial charge in [0, 0.05) is 18.7 Å². The van der Waals surface area contributed by atoms with Crippen molar-refractivity contribution in [3.05, 3.63) is 33.7 Å². The van der Waals surface area contributed by atoms with Gasteiger partial charge in [0.15, 0.2) is 17.8 Å². The maximum absolute atomic E-state index is 12.5. The van der Waals surface area contributed by atoms with Crippen molar-refractivity contribution in [1.82, 2.24) is 5.32 Å². The average molecular weight is 536 g/mol. The summed E-state index contributed by atoms with van der Waals surface area (Å²) in [5.74, 6) is -1.41. The molecule has 1 aromatic heterocycles. The molecule has 1 saturated carbocycles. The predicted molar refractivity (Wildman–Crippen MR) is 132 cm³/mol. The Kier molecular flexibility index (Phi) is 7.86. The Bertz CT molecular complexity index is 1270. The molecule has 0 bridgehead atoms. The van der Waals surface area contributed by atoms with Gasteiger partial charge in [-0.05, 0) is 59.1 Å². The highest BCUT2D eigenvalue weighted by molar-refractivity contribution is 5.99. The number of carbonyl (C=O) groups excluding carboxylic acids is 2. The Balaban J connectivity index is 1.62. The molecule has 3 N–H and O–H groups in total. The fourth-order valence-electron chi connectivity index (χ4n) is 4.69. The Hall–Kier alpha value is -3.35. The number of fused-ring (bicyclic) bond motifs is 1. The number of aliphatic hydroxyl groups excluding tert-OH is 1. The Labute approximate surface area is 218 Å². The van der Waals surface area contributed by atoms with Crippen LogP contribution in [0.5, 0.6) is 11.5 Å². The standard InChI is InChI=1S/C26H33NO11/c1-6-34-22(30)16-17(28)14-10-11-15(12(2)19(14)36-23(16)31)35-24-18(29)20(21(33-5)26(3,4)38-24)37-25(32)27-13-8-7-9-13/h10-11,13,18,20-21,24,28-29H,6-9H2,1-5H3,(H,27,32)/t18-,20+,21-,24-/m1/s1. The summed E-state index contributed by atoms with van der Waals surface area (Å²) in [6, 6.07) is 2.91. The third-order valence-electron chi connectivity index (χ3n) is 6.91. The van der Waals surface area contributed by atoms with Crippen LogP contribution in [-0.4, -0.2) is 72.2 Å². The summed E-state index contributed by atoms with van der Waals surface area (Å²) in [7, 11) is 1.43. The summed E-state index contributed by atoms with van der Waals surface area (Å²) >= 11 is 0. The van der Waals surface area contributed by atoms with Crippen molar-refractivity contribution in [2.24, 2.45) is 0 Å². The van der Waals surface area contributed by atoms with E-state index in [1.165, 1.54) is 19.2 Å². The minimum Gasteiger partial charge on any atom is -0.506 e. The molecule has 0 spiro atoms. The Morgan fingerprint density at radius 1 is 1.24 bits per heavy atom. The zero-order chi connectivity index (χ0) is 27.8. The second kappa shape index (κ2) is 10.8. The fraction of sp³-hybridized carbons (Fsp3) is 0.577. The quantitative estimate of drug-likeness (QED) is 0.353. The van der Waals surface area contributed by atoms with E-state index in [1.807, 2.05) is 0 Å². The van der Waals surface area contributed by atoms with Gasteiger partial charge in [0.2, 0.25) is 6.29 Å². The lowest BCUT2D eigenvalue weighted by molar-refractivity contribution is -0.305. The monoisotopic (exact) mass is 535 g/mol. The van der Waals surface area contributed by atoms with Gasteiger partial charge in [0.25, 0.3) is 0 Å². The second-order valence-electron chi connectivity index (χ2n) is 9.90. The maximum atomic E-state index is 12.5. The van der Waals surface area contributed by atoms with Gasteiger partial charge in [0.1, 0.15) is 23.2 Å². The van der Waals surface area contributed by atoms with E-state index in [0.717, 1.165) is 19.3 Å². The summed E-state index contributed by atoms with van der Waals surface area (Å²) in [5.41, 5.74) is -2.44. The van der Waals surface area contributed by atoms with Gasteiger partial charge in [-0.15, -0.1) is 0 Å². The van der Waals surface area contributed by atoms with E-state index in [4.69, 9.17) is 28.1 Å². The molecular formula is C26H33NO11. The van der Waals surface area contributed by atoms with E-state index in [0.29, 0.717) is 5.56 Å². The van der Waals surface area contributed by atoms with Crippen LogP contribution in [0.3, 0.4) is 0 Å². The molecule has 2 aliphatic rings. The molecule has 12 heteroatoms. The van der Waals surface area contributed by atoms with Crippen LogP contribution >= 0.6 is 0 Å². The van der Waals surface area contributed by atoms with E-state index in [-0.39, 0.29) is 29.4 Å². The summed E-state index contributed by atoms with van der Waals surface area (Å²) in [6.07, 6.45) is -2.58. The molecule has 2 fully saturated rings. The van der Waals surface area contributed by atoms with Gasteiger partial charge in [-0.1, -0.05) is 0 Å². The molecule has 2 heterocycles. The van der Waals surface area contributed by atoms with Crippen LogP contribution in [-0.2, 0) is 18.9 Å². The van der Waals surface area contributed by atoms with Gasteiger partial charge >= 0.3 is 17.7 Å². The van der Waals surface area contributed by atoms with Crippen LogP contribution in [0.15, 0.2) is 21.3 Å². The number of aromatic hydroxyl groups is 1. The lowest BCUT2D eigenvalue weighted by atomic mass is 9.89. The number of alkyl carbamates (subject to hydrolysis) is 1. The number of hydrogen-bond acceptors (Lipinski definition) is 11.